The van der Waals surface area contributed by atoms with Gasteiger partial charge in [0.05, 0.1) is 5.02 Å². The van der Waals surface area contributed by atoms with E-state index in [-0.39, 0.29) is 26.6 Å². The minimum absolute atomic E-state index is 0.0657. The number of nitrogens with zero attached hydrogens (tertiary/aromatic N) is 1. The van der Waals surface area contributed by atoms with Gasteiger partial charge in [-0.2, -0.15) is 0 Å². The van der Waals surface area contributed by atoms with Crippen molar-refractivity contribution in [2.24, 2.45) is 5.73 Å². The van der Waals surface area contributed by atoms with E-state index in [4.69, 9.17) is 28.9 Å². The molecule has 102 valence electrons. The Labute approximate surface area is 124 Å². The van der Waals surface area contributed by atoms with E-state index in [1.54, 1.807) is 5.38 Å². The first kappa shape index (κ1) is 14.5. The van der Waals surface area contributed by atoms with Crippen LogP contribution in [0.25, 0.3) is 0 Å². The molecule has 0 radical (unpaired) electrons. The fourth-order valence-corrected chi connectivity index (χ4v) is 4.14. The van der Waals surface area contributed by atoms with Gasteiger partial charge >= 0.3 is 0 Å². The third-order valence-electron chi connectivity index (χ3n) is 2.24. The topological polar surface area (TPSA) is 85.1 Å². The summed E-state index contributed by atoms with van der Waals surface area (Å²) in [4.78, 5) is 3.74. The van der Waals surface area contributed by atoms with Crippen molar-refractivity contribution < 1.29 is 8.42 Å². The molecule has 3 N–H and O–H groups in total. The quantitative estimate of drug-likeness (QED) is 0.898. The molecule has 0 fully saturated rings. The lowest BCUT2D eigenvalue weighted by molar-refractivity contribution is 0.601. The van der Waals surface area contributed by atoms with Gasteiger partial charge in [-0.15, -0.1) is 11.3 Å². The van der Waals surface area contributed by atoms with Crippen molar-refractivity contribution in [1.82, 2.24) is 4.98 Å². The van der Waals surface area contributed by atoms with Gasteiger partial charge in [-0.1, -0.05) is 23.2 Å². The van der Waals surface area contributed by atoms with E-state index in [2.05, 4.69) is 9.71 Å². The zero-order valence-corrected chi connectivity index (χ0v) is 12.6. The zero-order valence-electron chi connectivity index (χ0n) is 9.43. The molecule has 0 spiro atoms. The number of anilines is 1. The molecule has 1 aromatic carbocycles. The highest BCUT2D eigenvalue weighted by Crippen LogP contribution is 2.30. The first-order valence-electron chi connectivity index (χ1n) is 5.04. The molecule has 0 unspecified atom stereocenters. The number of hydrogen-bond donors (Lipinski definition) is 2. The molecule has 0 saturated carbocycles. The first-order valence-corrected chi connectivity index (χ1v) is 8.16. The molecule has 0 aliphatic carbocycles. The summed E-state index contributed by atoms with van der Waals surface area (Å²) in [6.07, 6.45) is 1.49. The smallest absolute Gasteiger partial charge is 0.265 e. The predicted octanol–water partition coefficient (Wildman–Crippen LogP) is 2.71. The van der Waals surface area contributed by atoms with Crippen molar-refractivity contribution in [3.63, 3.8) is 0 Å². The molecule has 5 nitrogen and oxygen atoms in total. The van der Waals surface area contributed by atoms with Gasteiger partial charge in [0, 0.05) is 23.1 Å². The van der Waals surface area contributed by atoms with Gasteiger partial charge in [0.2, 0.25) is 0 Å². The summed E-state index contributed by atoms with van der Waals surface area (Å²) in [5.41, 5.74) is 5.97. The minimum Gasteiger partial charge on any atom is -0.326 e. The first-order chi connectivity index (χ1) is 8.94. The maximum atomic E-state index is 12.2. The molecule has 9 heteroatoms. The summed E-state index contributed by atoms with van der Waals surface area (Å²) >= 11 is 13.1. The van der Waals surface area contributed by atoms with Crippen LogP contribution in [0.1, 0.15) is 5.56 Å². The van der Waals surface area contributed by atoms with Crippen LogP contribution in [0.15, 0.2) is 28.6 Å². The van der Waals surface area contributed by atoms with Crippen molar-refractivity contribution >= 4 is 49.7 Å². The van der Waals surface area contributed by atoms with Crippen LogP contribution in [-0.2, 0) is 16.6 Å². The molecular formula is C10H9Cl2N3O2S2. The minimum atomic E-state index is -3.84. The van der Waals surface area contributed by atoms with Crippen molar-refractivity contribution in [1.29, 1.82) is 0 Å². The fraction of sp³-hybridized carbons (Fsp3) is 0.100. The average Bonchev–Trinajstić information content (AvgIpc) is 2.83. The van der Waals surface area contributed by atoms with E-state index in [0.29, 0.717) is 5.56 Å². The van der Waals surface area contributed by atoms with Gasteiger partial charge in [-0.3, -0.25) is 4.72 Å². The number of hydrogen-bond acceptors (Lipinski definition) is 5. The second-order valence-corrected chi connectivity index (χ2v) is 6.88. The lowest BCUT2D eigenvalue weighted by Crippen LogP contribution is -2.14. The largest absolute Gasteiger partial charge is 0.326 e. The SMILES string of the molecule is NCc1cc(Cl)cc(S(=O)(=O)Nc2nccs2)c1Cl. The van der Waals surface area contributed by atoms with Crippen LogP contribution < -0.4 is 10.5 Å². The van der Waals surface area contributed by atoms with Crippen LogP contribution in [0.3, 0.4) is 0 Å². The lowest BCUT2D eigenvalue weighted by atomic mass is 10.2. The number of halogens is 2. The maximum Gasteiger partial charge on any atom is 0.265 e. The molecule has 19 heavy (non-hydrogen) atoms. The van der Waals surface area contributed by atoms with Gasteiger partial charge < -0.3 is 5.73 Å². The molecule has 0 atom stereocenters. The summed E-state index contributed by atoms with van der Waals surface area (Å²) in [5.74, 6) is 0. The number of thiazole rings is 1. The van der Waals surface area contributed by atoms with E-state index in [0.717, 1.165) is 11.3 Å². The van der Waals surface area contributed by atoms with Gasteiger partial charge in [0.1, 0.15) is 4.90 Å². The number of benzene rings is 1. The van der Waals surface area contributed by atoms with E-state index >= 15 is 0 Å². The number of aromatic nitrogens is 1. The van der Waals surface area contributed by atoms with Crippen LogP contribution in [-0.4, -0.2) is 13.4 Å². The summed E-state index contributed by atoms with van der Waals surface area (Å²) in [6, 6.07) is 2.81. The van der Waals surface area contributed by atoms with Crippen molar-refractivity contribution in [2.45, 2.75) is 11.4 Å². The Morgan fingerprint density at radius 2 is 2.11 bits per heavy atom. The van der Waals surface area contributed by atoms with Gasteiger partial charge in [-0.05, 0) is 17.7 Å². The van der Waals surface area contributed by atoms with Crippen LogP contribution in [0.2, 0.25) is 10.0 Å². The third-order valence-corrected chi connectivity index (χ3v) is 5.20. The molecule has 2 rings (SSSR count). The highest BCUT2D eigenvalue weighted by atomic mass is 35.5. The summed E-state index contributed by atoms with van der Waals surface area (Å²) in [7, 11) is -3.84. The van der Waals surface area contributed by atoms with Crippen LogP contribution in [0, 0.1) is 0 Å². The molecule has 0 amide bonds. The standard InChI is InChI=1S/C10H9Cl2N3O2S2/c11-7-3-6(5-13)9(12)8(4-7)19(16,17)15-10-14-1-2-18-10/h1-4H,5,13H2,(H,14,15). The second kappa shape index (κ2) is 5.64. The molecule has 2 aromatic rings. The Kier molecular flexibility index (Phi) is 4.32. The van der Waals surface area contributed by atoms with Crippen LogP contribution in [0.5, 0.6) is 0 Å². The van der Waals surface area contributed by atoms with Crippen molar-refractivity contribution in [3.8, 4) is 0 Å². The van der Waals surface area contributed by atoms with E-state index in [1.165, 1.54) is 18.3 Å². The average molecular weight is 338 g/mol. The maximum absolute atomic E-state index is 12.2. The highest BCUT2D eigenvalue weighted by Gasteiger charge is 2.21. The number of rotatable bonds is 4. The number of nitrogens with two attached hydrogens (primary N) is 1. The van der Waals surface area contributed by atoms with Gasteiger partial charge in [-0.25, -0.2) is 13.4 Å². The number of sulfonamides is 1. The molecular weight excluding hydrogens is 329 g/mol. The van der Waals surface area contributed by atoms with E-state index in [1.807, 2.05) is 0 Å². The molecule has 0 aliphatic heterocycles. The Morgan fingerprint density at radius 3 is 2.68 bits per heavy atom. The van der Waals surface area contributed by atoms with Crippen LogP contribution in [0.4, 0.5) is 5.13 Å². The second-order valence-electron chi connectivity index (χ2n) is 3.52. The zero-order chi connectivity index (χ0) is 14.0. The van der Waals surface area contributed by atoms with Gasteiger partial charge in [0.15, 0.2) is 5.13 Å². The molecule has 1 aromatic heterocycles. The van der Waals surface area contributed by atoms with Crippen LogP contribution >= 0.6 is 34.5 Å². The fourth-order valence-electron chi connectivity index (χ4n) is 1.41. The molecule has 0 saturated heterocycles. The van der Waals surface area contributed by atoms with Gasteiger partial charge in [0.25, 0.3) is 10.0 Å². The van der Waals surface area contributed by atoms with Crippen molar-refractivity contribution in [3.05, 3.63) is 39.3 Å². The Balaban J connectivity index is 2.48. The Hall–Kier alpha value is -0.860. The summed E-state index contributed by atoms with van der Waals surface area (Å²) in [5, 5.41) is 2.23. The Bertz CT molecular complexity index is 687. The lowest BCUT2D eigenvalue weighted by Gasteiger charge is -2.10. The Morgan fingerprint density at radius 1 is 1.37 bits per heavy atom. The molecule has 0 bridgehead atoms. The number of nitrogens with one attached hydrogen (secondary N) is 1. The van der Waals surface area contributed by atoms with Crippen molar-refractivity contribution in [2.75, 3.05) is 4.72 Å². The molecule has 1 heterocycles. The van der Waals surface area contributed by atoms with E-state index in [9.17, 15) is 8.42 Å². The van der Waals surface area contributed by atoms with E-state index < -0.39 is 10.0 Å². The highest BCUT2D eigenvalue weighted by molar-refractivity contribution is 7.93. The normalized spacial score (nSPS) is 11.5. The summed E-state index contributed by atoms with van der Waals surface area (Å²) < 4.78 is 26.8. The third kappa shape index (κ3) is 3.18. The summed E-state index contributed by atoms with van der Waals surface area (Å²) in [6.45, 7) is 0.0964. The molecule has 0 aliphatic rings. The predicted molar refractivity (Wildman–Crippen MR) is 77.3 cm³/mol. The monoisotopic (exact) mass is 337 g/mol.